The van der Waals surface area contributed by atoms with E-state index in [2.05, 4.69) is 35.1 Å². The van der Waals surface area contributed by atoms with Gasteiger partial charge in [0.15, 0.2) is 10.8 Å². The van der Waals surface area contributed by atoms with Crippen molar-refractivity contribution in [1.82, 2.24) is 19.7 Å². The molecule has 42 heavy (non-hydrogen) atoms. The van der Waals surface area contributed by atoms with Crippen molar-refractivity contribution in [2.45, 2.75) is 59.4 Å². The molecule has 220 valence electrons. The number of benzene rings is 1. The molecular weight excluding hydrogens is 565 g/mol. The van der Waals surface area contributed by atoms with Crippen LogP contribution in [0.5, 0.6) is 0 Å². The van der Waals surface area contributed by atoms with Crippen LogP contribution in [0.15, 0.2) is 53.4 Å². The highest BCUT2D eigenvalue weighted by Crippen LogP contribution is 2.28. The van der Waals surface area contributed by atoms with Gasteiger partial charge in [-0.3, -0.25) is 14.0 Å². The summed E-state index contributed by atoms with van der Waals surface area (Å²) in [5.74, 6) is 0.129. The number of hydrogen-bond acceptors (Lipinski definition) is 7. The summed E-state index contributed by atoms with van der Waals surface area (Å²) in [6, 6.07) is 11.0. The predicted molar refractivity (Wildman–Crippen MR) is 176 cm³/mol. The molecule has 0 atom stereocenters. The van der Waals surface area contributed by atoms with Gasteiger partial charge in [0.2, 0.25) is 0 Å². The zero-order chi connectivity index (χ0) is 30.6. The Labute approximate surface area is 255 Å². The highest BCUT2D eigenvalue weighted by atomic mass is 32.1. The molecule has 1 aliphatic rings. The lowest BCUT2D eigenvalue weighted by Gasteiger charge is -2.15. The Morgan fingerprint density at radius 3 is 2.45 bits per heavy atom. The third kappa shape index (κ3) is 7.75. The van der Waals surface area contributed by atoms with Gasteiger partial charge < -0.3 is 16.8 Å². The third-order valence-electron chi connectivity index (χ3n) is 6.74. The summed E-state index contributed by atoms with van der Waals surface area (Å²) in [6.45, 7) is 6.69. The maximum Gasteiger partial charge on any atom is 0.268 e. The molecule has 0 spiro atoms. The Hall–Kier alpha value is -4.20. The molecule has 0 bridgehead atoms. The average Bonchev–Trinajstić information content (AvgIpc) is 3.76. The van der Waals surface area contributed by atoms with Gasteiger partial charge in [0.1, 0.15) is 11.4 Å². The second-order valence-electron chi connectivity index (χ2n) is 9.58. The van der Waals surface area contributed by atoms with E-state index in [9.17, 15) is 9.59 Å². The summed E-state index contributed by atoms with van der Waals surface area (Å²) in [6.07, 6.45) is 17.1. The van der Waals surface area contributed by atoms with E-state index in [-0.39, 0.29) is 11.6 Å². The number of hydrogen-bond donors (Lipinski definition) is 3. The van der Waals surface area contributed by atoms with E-state index >= 15 is 0 Å². The number of nitrogens with zero attached hydrogens (tertiary/aromatic N) is 3. The minimum absolute atomic E-state index is 0.247. The van der Waals surface area contributed by atoms with E-state index < -0.39 is 5.91 Å². The highest BCUT2D eigenvalue weighted by molar-refractivity contribution is 7.22. The summed E-state index contributed by atoms with van der Waals surface area (Å²) < 4.78 is 2.53. The fourth-order valence-corrected chi connectivity index (χ4v) is 6.20. The van der Waals surface area contributed by atoms with Gasteiger partial charge in [-0.15, -0.1) is 12.8 Å². The van der Waals surface area contributed by atoms with Crippen molar-refractivity contribution in [2.75, 3.05) is 5.73 Å². The topological polar surface area (TPSA) is 128 Å². The van der Waals surface area contributed by atoms with E-state index in [4.69, 9.17) is 11.5 Å². The summed E-state index contributed by atoms with van der Waals surface area (Å²) in [4.78, 5) is 33.9. The number of primary amides is 1. The van der Waals surface area contributed by atoms with Gasteiger partial charge in [0.05, 0.1) is 15.8 Å². The number of nitrogens with two attached hydrogens (primary N) is 2. The molecular formula is C32H38N6O2S2. The number of rotatable bonds is 5. The standard InChI is InChI=1S/C21H16N6O2S2.C7H14.C2H6.C2H2/c22-18(28)17-16(12-5-7-30-10-12)26-19-13(2-1-6-27(17)19)20(29)24-9-11-3-4-14-15(8-11)31-21(23)25-14;1-7-5-3-2-4-6-7;2*1-2/h1-8,10H,9H2,(H2,22,28)(H2,23,25)(H,24,29);7H,2-6H2,1H3;1-2H3;1-2H. The van der Waals surface area contributed by atoms with Gasteiger partial charge in [0, 0.05) is 23.7 Å². The van der Waals surface area contributed by atoms with E-state index in [0.29, 0.717) is 28.6 Å². The number of thiazole rings is 1. The molecule has 1 aromatic carbocycles. The second kappa shape index (κ2) is 15.7. The van der Waals surface area contributed by atoms with Crippen molar-refractivity contribution < 1.29 is 9.59 Å². The first-order valence-electron chi connectivity index (χ1n) is 14.0. The number of thiophene rings is 1. The molecule has 0 aliphatic heterocycles. The molecule has 0 radical (unpaired) electrons. The van der Waals surface area contributed by atoms with Crippen LogP contribution in [0.2, 0.25) is 0 Å². The maximum absolute atomic E-state index is 13.0. The molecule has 0 saturated heterocycles. The molecule has 6 rings (SSSR count). The lowest BCUT2D eigenvalue weighted by atomic mass is 9.91. The van der Waals surface area contributed by atoms with E-state index in [1.807, 2.05) is 48.9 Å². The third-order valence-corrected chi connectivity index (χ3v) is 8.27. The quantitative estimate of drug-likeness (QED) is 0.184. The van der Waals surface area contributed by atoms with Crippen LogP contribution in [0.25, 0.3) is 27.1 Å². The summed E-state index contributed by atoms with van der Waals surface area (Å²) in [5, 5.41) is 7.21. The summed E-state index contributed by atoms with van der Waals surface area (Å²) in [5.41, 5.74) is 15.4. The molecule has 4 heterocycles. The maximum atomic E-state index is 13.0. The SMILES string of the molecule is C#C.CC.CC1CCCCC1.NC(=O)c1c(-c2ccsc2)nc2c(C(=O)NCc3ccc4nc(N)sc4c3)cccn12. The minimum atomic E-state index is -0.608. The van der Waals surface area contributed by atoms with Crippen LogP contribution >= 0.6 is 22.7 Å². The van der Waals surface area contributed by atoms with Crippen molar-refractivity contribution >= 4 is 55.5 Å². The van der Waals surface area contributed by atoms with Crippen LogP contribution in [0.4, 0.5) is 5.13 Å². The molecule has 10 heteroatoms. The van der Waals surface area contributed by atoms with Crippen LogP contribution in [-0.4, -0.2) is 26.2 Å². The largest absolute Gasteiger partial charge is 0.375 e. The molecule has 0 unspecified atom stereocenters. The Bertz CT molecular complexity index is 1630. The Balaban J connectivity index is 0.000000377. The van der Waals surface area contributed by atoms with Crippen molar-refractivity contribution in [3.63, 3.8) is 0 Å². The minimum Gasteiger partial charge on any atom is -0.375 e. The van der Waals surface area contributed by atoms with Gasteiger partial charge in [-0.1, -0.05) is 70.3 Å². The summed E-state index contributed by atoms with van der Waals surface area (Å²) >= 11 is 2.89. The highest BCUT2D eigenvalue weighted by Gasteiger charge is 2.22. The second-order valence-corrected chi connectivity index (χ2v) is 11.4. The van der Waals surface area contributed by atoms with Crippen molar-refractivity contribution in [1.29, 1.82) is 0 Å². The molecule has 1 fully saturated rings. The number of nitrogen functional groups attached to an aromatic ring is 1. The average molecular weight is 603 g/mol. The van der Waals surface area contributed by atoms with Gasteiger partial charge in [-0.25, -0.2) is 9.97 Å². The predicted octanol–water partition coefficient (Wildman–Crippen LogP) is 7.15. The number of imidazole rings is 1. The first-order valence-corrected chi connectivity index (χ1v) is 15.8. The van der Waals surface area contributed by atoms with E-state index in [0.717, 1.165) is 27.3 Å². The van der Waals surface area contributed by atoms with Crippen LogP contribution in [0.1, 0.15) is 79.3 Å². The van der Waals surface area contributed by atoms with Crippen LogP contribution in [-0.2, 0) is 6.54 Å². The molecule has 5 N–H and O–H groups in total. The first kappa shape index (κ1) is 32.3. The number of amides is 2. The number of terminal acetylenes is 1. The molecule has 5 aromatic rings. The van der Waals surface area contributed by atoms with Gasteiger partial charge in [-0.2, -0.15) is 11.3 Å². The molecule has 1 aliphatic carbocycles. The lowest BCUT2D eigenvalue weighted by molar-refractivity contribution is 0.0949. The van der Waals surface area contributed by atoms with Crippen molar-refractivity contribution in [3.05, 3.63) is 70.2 Å². The Morgan fingerprint density at radius 2 is 1.83 bits per heavy atom. The number of carbonyl (C=O) groups excluding carboxylic acids is 2. The lowest BCUT2D eigenvalue weighted by Crippen LogP contribution is -2.23. The van der Waals surface area contributed by atoms with Crippen molar-refractivity contribution in [3.8, 4) is 24.1 Å². The normalized spacial score (nSPS) is 12.7. The number of aromatic nitrogens is 3. The number of nitrogens with one attached hydrogen (secondary N) is 1. The Kier molecular flexibility index (Phi) is 12.1. The smallest absolute Gasteiger partial charge is 0.268 e. The fourth-order valence-electron chi connectivity index (χ4n) is 4.76. The first-order chi connectivity index (χ1) is 20.4. The van der Waals surface area contributed by atoms with E-state index in [1.54, 1.807) is 22.7 Å². The number of carbonyl (C=O) groups is 2. The Morgan fingerprint density at radius 1 is 1.10 bits per heavy atom. The molecule has 2 amide bonds. The zero-order valence-electron chi connectivity index (χ0n) is 24.3. The van der Waals surface area contributed by atoms with Gasteiger partial charge in [-0.05, 0) is 47.2 Å². The number of fused-ring (bicyclic) bond motifs is 2. The monoisotopic (exact) mass is 602 g/mol. The molecule has 8 nitrogen and oxygen atoms in total. The van der Waals surface area contributed by atoms with Gasteiger partial charge >= 0.3 is 0 Å². The van der Waals surface area contributed by atoms with Gasteiger partial charge in [0.25, 0.3) is 11.8 Å². The van der Waals surface area contributed by atoms with Crippen LogP contribution in [0, 0.1) is 18.8 Å². The number of pyridine rings is 1. The van der Waals surface area contributed by atoms with Crippen LogP contribution < -0.4 is 16.8 Å². The summed E-state index contributed by atoms with van der Waals surface area (Å²) in [7, 11) is 0. The molecule has 4 aromatic heterocycles. The van der Waals surface area contributed by atoms with E-state index in [1.165, 1.54) is 54.8 Å². The van der Waals surface area contributed by atoms with Crippen LogP contribution in [0.3, 0.4) is 0 Å². The zero-order valence-corrected chi connectivity index (χ0v) is 25.9. The number of anilines is 1. The fraction of sp³-hybridized carbons (Fsp3) is 0.312. The molecule has 1 saturated carbocycles. The van der Waals surface area contributed by atoms with Crippen molar-refractivity contribution in [2.24, 2.45) is 11.7 Å².